The summed E-state index contributed by atoms with van der Waals surface area (Å²) in [6, 6.07) is 13.7. The molecule has 0 atom stereocenters. The Hall–Kier alpha value is -0.440. The standard InChI is InChI=1S/C14H10Cl4O/c15-11-7-3-1-5-9(11)14(19,13(17)18)10-6-2-4-8-12(10)16/h1-8,13,19H. The lowest BCUT2D eigenvalue weighted by Crippen LogP contribution is -2.35. The first-order chi connectivity index (χ1) is 8.98. The minimum Gasteiger partial charge on any atom is -0.377 e. The van der Waals surface area contributed by atoms with Crippen molar-refractivity contribution in [2.45, 2.75) is 10.4 Å². The molecule has 0 radical (unpaired) electrons. The Bertz CT molecular complexity index is 538. The van der Waals surface area contributed by atoms with Crippen molar-refractivity contribution < 1.29 is 5.11 Å². The smallest absolute Gasteiger partial charge is 0.147 e. The van der Waals surface area contributed by atoms with Crippen molar-refractivity contribution in [1.29, 1.82) is 0 Å². The lowest BCUT2D eigenvalue weighted by molar-refractivity contribution is 0.0959. The predicted octanol–water partition coefficient (Wildman–Crippen LogP) is 5.03. The largest absolute Gasteiger partial charge is 0.377 e. The average molecular weight is 336 g/mol. The van der Waals surface area contributed by atoms with Gasteiger partial charge in [-0.05, 0) is 12.1 Å². The molecule has 0 fully saturated rings. The van der Waals surface area contributed by atoms with Crippen LogP contribution in [0.25, 0.3) is 0 Å². The third kappa shape index (κ3) is 2.72. The van der Waals surface area contributed by atoms with E-state index in [9.17, 15) is 5.11 Å². The van der Waals surface area contributed by atoms with Gasteiger partial charge in [0.1, 0.15) is 10.4 Å². The number of halogens is 4. The summed E-state index contributed by atoms with van der Waals surface area (Å²) in [5, 5.41) is 11.7. The summed E-state index contributed by atoms with van der Waals surface area (Å²) in [6.07, 6.45) is 0. The van der Waals surface area contributed by atoms with E-state index in [1.807, 2.05) is 0 Å². The average Bonchev–Trinajstić information content (AvgIpc) is 2.38. The highest BCUT2D eigenvalue weighted by molar-refractivity contribution is 6.45. The fourth-order valence-corrected chi connectivity index (χ4v) is 2.95. The van der Waals surface area contributed by atoms with Crippen LogP contribution in [0.5, 0.6) is 0 Å². The van der Waals surface area contributed by atoms with E-state index in [0.717, 1.165) is 0 Å². The van der Waals surface area contributed by atoms with Crippen molar-refractivity contribution in [3.8, 4) is 0 Å². The second-order valence-electron chi connectivity index (χ2n) is 4.03. The molecular weight excluding hydrogens is 326 g/mol. The Balaban J connectivity index is 2.70. The van der Waals surface area contributed by atoms with E-state index < -0.39 is 10.4 Å². The molecule has 0 aliphatic carbocycles. The normalized spacial score (nSPS) is 11.9. The number of hydrogen-bond acceptors (Lipinski definition) is 1. The number of hydrogen-bond donors (Lipinski definition) is 1. The van der Waals surface area contributed by atoms with Gasteiger partial charge in [0.15, 0.2) is 0 Å². The highest BCUT2D eigenvalue weighted by Gasteiger charge is 2.41. The van der Waals surface area contributed by atoms with Crippen LogP contribution in [-0.2, 0) is 5.60 Å². The molecule has 0 bridgehead atoms. The minimum atomic E-state index is -1.67. The molecule has 19 heavy (non-hydrogen) atoms. The van der Waals surface area contributed by atoms with Gasteiger partial charge in [-0.25, -0.2) is 0 Å². The van der Waals surface area contributed by atoms with Gasteiger partial charge in [-0.2, -0.15) is 0 Å². The summed E-state index contributed by atoms with van der Waals surface area (Å²) >= 11 is 24.3. The fourth-order valence-electron chi connectivity index (χ4n) is 1.92. The molecule has 0 aliphatic heterocycles. The second kappa shape index (κ2) is 5.90. The predicted molar refractivity (Wildman–Crippen MR) is 81.4 cm³/mol. The van der Waals surface area contributed by atoms with Crippen LogP contribution in [0.15, 0.2) is 48.5 Å². The molecule has 100 valence electrons. The molecule has 0 saturated heterocycles. The second-order valence-corrected chi connectivity index (χ2v) is 5.94. The highest BCUT2D eigenvalue weighted by atomic mass is 35.5. The Morgan fingerprint density at radius 3 is 1.47 bits per heavy atom. The van der Waals surface area contributed by atoms with E-state index >= 15 is 0 Å². The first kappa shape index (κ1) is 15.0. The van der Waals surface area contributed by atoms with E-state index in [0.29, 0.717) is 21.2 Å². The van der Waals surface area contributed by atoms with Crippen molar-refractivity contribution in [3.05, 3.63) is 69.7 Å². The first-order valence-corrected chi connectivity index (χ1v) is 7.11. The quantitative estimate of drug-likeness (QED) is 0.779. The summed E-state index contributed by atoms with van der Waals surface area (Å²) in [6.45, 7) is 0. The Morgan fingerprint density at radius 1 is 0.789 bits per heavy atom. The SMILES string of the molecule is OC(c1ccccc1Cl)(c1ccccc1Cl)C(Cl)Cl. The monoisotopic (exact) mass is 334 g/mol. The van der Waals surface area contributed by atoms with Gasteiger partial charge >= 0.3 is 0 Å². The molecule has 0 heterocycles. The zero-order valence-corrected chi connectivity index (χ0v) is 12.7. The maximum absolute atomic E-state index is 11.0. The third-order valence-electron chi connectivity index (χ3n) is 2.88. The lowest BCUT2D eigenvalue weighted by atomic mass is 9.87. The maximum Gasteiger partial charge on any atom is 0.147 e. The van der Waals surface area contributed by atoms with Crippen LogP contribution in [0.4, 0.5) is 0 Å². The van der Waals surface area contributed by atoms with Gasteiger partial charge < -0.3 is 5.11 Å². The summed E-state index contributed by atoms with van der Waals surface area (Å²) in [5.41, 5.74) is -0.834. The summed E-state index contributed by atoms with van der Waals surface area (Å²) in [7, 11) is 0. The topological polar surface area (TPSA) is 20.2 Å². The molecule has 1 nitrogen and oxygen atoms in total. The van der Waals surface area contributed by atoms with E-state index in [1.54, 1.807) is 48.5 Å². The van der Waals surface area contributed by atoms with Gasteiger partial charge in [-0.1, -0.05) is 59.6 Å². The molecule has 0 aliphatic rings. The van der Waals surface area contributed by atoms with Crippen LogP contribution in [0.3, 0.4) is 0 Å². The number of benzene rings is 2. The Kier molecular flexibility index (Phi) is 4.65. The van der Waals surface area contributed by atoms with Gasteiger partial charge in [-0.3, -0.25) is 0 Å². The van der Waals surface area contributed by atoms with Crippen LogP contribution in [-0.4, -0.2) is 9.94 Å². The summed E-state index contributed by atoms with van der Waals surface area (Å²) in [4.78, 5) is -1.12. The van der Waals surface area contributed by atoms with Gasteiger partial charge in [-0.15, -0.1) is 23.2 Å². The van der Waals surface area contributed by atoms with Gasteiger partial charge in [0.05, 0.1) is 0 Å². The van der Waals surface area contributed by atoms with Crippen LogP contribution < -0.4 is 0 Å². The van der Waals surface area contributed by atoms with Crippen LogP contribution in [0.2, 0.25) is 10.0 Å². The van der Waals surface area contributed by atoms with Gasteiger partial charge in [0.25, 0.3) is 0 Å². The zero-order valence-electron chi connectivity index (χ0n) is 9.66. The van der Waals surface area contributed by atoms with E-state index in [4.69, 9.17) is 46.4 Å². The molecule has 0 amide bonds. The molecule has 0 spiro atoms. The van der Waals surface area contributed by atoms with Crippen molar-refractivity contribution in [3.63, 3.8) is 0 Å². The summed E-state index contributed by atoms with van der Waals surface area (Å²) in [5.74, 6) is 0. The molecule has 0 saturated carbocycles. The van der Waals surface area contributed by atoms with E-state index in [-0.39, 0.29) is 0 Å². The summed E-state index contributed by atoms with van der Waals surface area (Å²) < 4.78 is 0. The van der Waals surface area contributed by atoms with Gasteiger partial charge in [0.2, 0.25) is 0 Å². The van der Waals surface area contributed by atoms with E-state index in [2.05, 4.69) is 0 Å². The van der Waals surface area contributed by atoms with E-state index in [1.165, 1.54) is 0 Å². The molecule has 0 unspecified atom stereocenters. The zero-order chi connectivity index (χ0) is 14.0. The van der Waals surface area contributed by atoms with Crippen molar-refractivity contribution in [1.82, 2.24) is 0 Å². The van der Waals surface area contributed by atoms with Gasteiger partial charge in [0, 0.05) is 21.2 Å². The van der Waals surface area contributed by atoms with Crippen LogP contribution in [0, 0.1) is 0 Å². The molecule has 2 rings (SSSR count). The maximum atomic E-state index is 11.0. The number of rotatable bonds is 3. The lowest BCUT2D eigenvalue weighted by Gasteiger charge is -2.32. The minimum absolute atomic E-state index is 0.371. The van der Waals surface area contributed by atoms with Crippen LogP contribution >= 0.6 is 46.4 Å². The number of alkyl halides is 2. The third-order valence-corrected chi connectivity index (χ3v) is 4.18. The molecular formula is C14H10Cl4O. The Labute approximate surface area is 131 Å². The molecule has 2 aromatic carbocycles. The van der Waals surface area contributed by atoms with Crippen LogP contribution in [0.1, 0.15) is 11.1 Å². The number of aliphatic hydroxyl groups is 1. The molecule has 1 N–H and O–H groups in total. The molecule has 5 heteroatoms. The molecule has 2 aromatic rings. The molecule has 0 aromatic heterocycles. The van der Waals surface area contributed by atoms with Crippen molar-refractivity contribution in [2.75, 3.05) is 0 Å². The highest BCUT2D eigenvalue weighted by Crippen LogP contribution is 2.43. The van der Waals surface area contributed by atoms with Crippen molar-refractivity contribution >= 4 is 46.4 Å². The Morgan fingerprint density at radius 2 is 1.16 bits per heavy atom. The first-order valence-electron chi connectivity index (χ1n) is 5.48. The fraction of sp³-hybridized carbons (Fsp3) is 0.143. The van der Waals surface area contributed by atoms with Crippen molar-refractivity contribution in [2.24, 2.45) is 0 Å².